The van der Waals surface area contributed by atoms with Crippen LogP contribution in [-0.2, 0) is 0 Å². The highest BCUT2D eigenvalue weighted by atomic mass is 35.5. The minimum Gasteiger partial charge on any atom is -0.379 e. The molecule has 1 aromatic rings. The number of hydrogen-bond acceptors (Lipinski definition) is 4. The molecule has 1 unspecified atom stereocenters. The molecule has 112 valence electrons. The van der Waals surface area contributed by atoms with Crippen LogP contribution in [0.15, 0.2) is 12.1 Å². The summed E-state index contributed by atoms with van der Waals surface area (Å²) in [5.41, 5.74) is 0.431. The number of nitrogens with zero attached hydrogens (tertiary/aromatic N) is 2. The first-order valence-corrected chi connectivity index (χ1v) is 7.26. The van der Waals surface area contributed by atoms with Crippen molar-refractivity contribution in [3.63, 3.8) is 0 Å². The van der Waals surface area contributed by atoms with Crippen LogP contribution in [0.1, 0.15) is 20.8 Å². The molecular weight excluding hydrogens is 301 g/mol. The van der Waals surface area contributed by atoms with E-state index in [0.717, 1.165) is 19.6 Å². The minimum absolute atomic E-state index is 0.109. The van der Waals surface area contributed by atoms with E-state index in [1.165, 1.54) is 12.1 Å². The lowest BCUT2D eigenvalue weighted by atomic mass is 10.2. The van der Waals surface area contributed by atoms with Gasteiger partial charge in [-0.2, -0.15) is 0 Å². The van der Waals surface area contributed by atoms with Crippen LogP contribution in [-0.4, -0.2) is 35.5 Å². The molecule has 0 aliphatic rings. The van der Waals surface area contributed by atoms with Crippen LogP contribution in [0, 0.1) is 10.1 Å². The van der Waals surface area contributed by atoms with E-state index in [9.17, 15) is 10.1 Å². The van der Waals surface area contributed by atoms with E-state index in [4.69, 9.17) is 23.2 Å². The monoisotopic (exact) mass is 319 g/mol. The van der Waals surface area contributed by atoms with Gasteiger partial charge in [-0.1, -0.05) is 37.0 Å². The van der Waals surface area contributed by atoms with Gasteiger partial charge in [-0.15, -0.1) is 0 Å². The summed E-state index contributed by atoms with van der Waals surface area (Å²) >= 11 is 12.1. The molecule has 0 aromatic heterocycles. The molecule has 0 aliphatic carbocycles. The summed E-state index contributed by atoms with van der Waals surface area (Å²) in [5, 5.41) is 14.5. The molecular formula is C13H19Cl2N3O2. The van der Waals surface area contributed by atoms with E-state index < -0.39 is 4.92 Å². The number of rotatable bonds is 7. The summed E-state index contributed by atoms with van der Waals surface area (Å²) in [6.07, 6.45) is 0. The maximum atomic E-state index is 10.7. The van der Waals surface area contributed by atoms with Gasteiger partial charge in [0, 0.05) is 24.7 Å². The number of nitro benzene ring substituents is 1. The third-order valence-electron chi connectivity index (χ3n) is 3.05. The lowest BCUT2D eigenvalue weighted by Crippen LogP contribution is -2.34. The van der Waals surface area contributed by atoms with Crippen LogP contribution < -0.4 is 5.32 Å². The van der Waals surface area contributed by atoms with Crippen LogP contribution >= 0.6 is 23.2 Å². The molecule has 0 amide bonds. The normalized spacial score (nSPS) is 12.5. The average Bonchev–Trinajstić information content (AvgIpc) is 2.39. The summed E-state index contributed by atoms with van der Waals surface area (Å²) in [6, 6.07) is 2.74. The fraction of sp³-hybridized carbons (Fsp3) is 0.538. The Labute approximate surface area is 129 Å². The molecule has 1 rings (SSSR count). The molecule has 0 bridgehead atoms. The lowest BCUT2D eigenvalue weighted by molar-refractivity contribution is -0.384. The first-order valence-electron chi connectivity index (χ1n) is 6.51. The Kier molecular flexibility index (Phi) is 6.52. The van der Waals surface area contributed by atoms with Crippen LogP contribution in [0.2, 0.25) is 10.0 Å². The third kappa shape index (κ3) is 4.51. The zero-order valence-corrected chi connectivity index (χ0v) is 13.3. The van der Waals surface area contributed by atoms with Gasteiger partial charge in [0.1, 0.15) is 0 Å². The van der Waals surface area contributed by atoms with Crippen LogP contribution in [0.25, 0.3) is 0 Å². The van der Waals surface area contributed by atoms with Crippen LogP contribution in [0.4, 0.5) is 11.4 Å². The van der Waals surface area contributed by atoms with Crippen molar-refractivity contribution in [3.05, 3.63) is 32.3 Å². The van der Waals surface area contributed by atoms with E-state index >= 15 is 0 Å². The predicted octanol–water partition coefficient (Wildman–Crippen LogP) is 4.04. The van der Waals surface area contributed by atoms with Crippen molar-refractivity contribution < 1.29 is 4.92 Å². The van der Waals surface area contributed by atoms with Crippen LogP contribution in [0.5, 0.6) is 0 Å². The highest BCUT2D eigenvalue weighted by Crippen LogP contribution is 2.35. The lowest BCUT2D eigenvalue weighted by Gasteiger charge is -2.24. The quantitative estimate of drug-likeness (QED) is 0.608. The predicted molar refractivity (Wildman–Crippen MR) is 84.0 cm³/mol. The maximum absolute atomic E-state index is 10.7. The molecule has 20 heavy (non-hydrogen) atoms. The number of halogens is 2. The van der Waals surface area contributed by atoms with Gasteiger partial charge in [0.2, 0.25) is 0 Å². The fourth-order valence-electron chi connectivity index (χ4n) is 1.96. The summed E-state index contributed by atoms with van der Waals surface area (Å²) < 4.78 is 0. The van der Waals surface area contributed by atoms with E-state index in [2.05, 4.69) is 24.1 Å². The van der Waals surface area contributed by atoms with Gasteiger partial charge in [-0.3, -0.25) is 10.1 Å². The second-order valence-electron chi connectivity index (χ2n) is 4.57. The summed E-state index contributed by atoms with van der Waals surface area (Å²) in [7, 11) is 0. The molecule has 0 radical (unpaired) electrons. The smallest absolute Gasteiger partial charge is 0.272 e. The Morgan fingerprint density at radius 3 is 2.20 bits per heavy atom. The molecule has 0 saturated heterocycles. The minimum atomic E-state index is -0.513. The first kappa shape index (κ1) is 17.0. The molecule has 0 fully saturated rings. The standard InChI is InChI=1S/C13H19Cl2N3O2/c1-4-17(5-2)8-9(3)16-13-11(14)6-10(18(19)20)7-12(13)15/h6-7,9,16H,4-5,8H2,1-3H3. The summed E-state index contributed by atoms with van der Waals surface area (Å²) in [6.45, 7) is 8.99. The Morgan fingerprint density at radius 1 is 1.30 bits per heavy atom. The zero-order chi connectivity index (χ0) is 15.3. The van der Waals surface area contributed by atoms with E-state index in [-0.39, 0.29) is 21.8 Å². The Morgan fingerprint density at radius 2 is 1.80 bits per heavy atom. The Bertz CT molecular complexity index is 456. The average molecular weight is 320 g/mol. The van der Waals surface area contributed by atoms with Crippen LogP contribution in [0.3, 0.4) is 0 Å². The van der Waals surface area contributed by atoms with E-state index in [1.54, 1.807) is 0 Å². The van der Waals surface area contributed by atoms with Gasteiger partial charge >= 0.3 is 0 Å². The van der Waals surface area contributed by atoms with E-state index in [1.807, 2.05) is 6.92 Å². The molecule has 5 nitrogen and oxygen atoms in total. The van der Waals surface area contributed by atoms with Gasteiger partial charge < -0.3 is 10.2 Å². The van der Waals surface area contributed by atoms with Gasteiger partial charge in [0.05, 0.1) is 20.7 Å². The molecule has 1 atom stereocenters. The molecule has 1 N–H and O–H groups in total. The van der Waals surface area contributed by atoms with Crippen molar-refractivity contribution in [1.29, 1.82) is 0 Å². The van der Waals surface area contributed by atoms with Crippen molar-refractivity contribution in [3.8, 4) is 0 Å². The van der Waals surface area contributed by atoms with Crippen molar-refractivity contribution in [2.24, 2.45) is 0 Å². The van der Waals surface area contributed by atoms with Crippen molar-refractivity contribution in [1.82, 2.24) is 4.90 Å². The van der Waals surface area contributed by atoms with Crippen molar-refractivity contribution >= 4 is 34.6 Å². The number of benzene rings is 1. The number of anilines is 1. The molecule has 1 aromatic carbocycles. The highest BCUT2D eigenvalue weighted by Gasteiger charge is 2.16. The molecule has 0 saturated carbocycles. The number of nitrogens with one attached hydrogen (secondary N) is 1. The third-order valence-corrected chi connectivity index (χ3v) is 3.65. The number of non-ortho nitro benzene ring substituents is 1. The van der Waals surface area contributed by atoms with Gasteiger partial charge in [0.15, 0.2) is 0 Å². The summed E-state index contributed by atoms with van der Waals surface area (Å²) in [5.74, 6) is 0. The number of likely N-dealkylation sites (N-methyl/N-ethyl adjacent to an activating group) is 1. The van der Waals surface area contributed by atoms with Gasteiger partial charge in [-0.25, -0.2) is 0 Å². The maximum Gasteiger partial charge on any atom is 0.272 e. The van der Waals surface area contributed by atoms with Gasteiger partial charge in [-0.05, 0) is 20.0 Å². The SMILES string of the molecule is CCN(CC)CC(C)Nc1c(Cl)cc([N+](=O)[O-])cc1Cl. The van der Waals surface area contributed by atoms with Crippen molar-refractivity contribution in [2.75, 3.05) is 25.0 Å². The molecule has 0 spiro atoms. The second-order valence-corrected chi connectivity index (χ2v) is 5.39. The summed E-state index contributed by atoms with van der Waals surface area (Å²) in [4.78, 5) is 12.5. The molecule has 7 heteroatoms. The highest BCUT2D eigenvalue weighted by molar-refractivity contribution is 6.39. The zero-order valence-electron chi connectivity index (χ0n) is 11.8. The Hall–Kier alpha value is -1.04. The molecule has 0 aliphatic heterocycles. The largest absolute Gasteiger partial charge is 0.379 e. The topological polar surface area (TPSA) is 58.4 Å². The Balaban J connectivity index is 2.85. The molecule has 0 heterocycles. The second kappa shape index (κ2) is 7.67. The van der Waals surface area contributed by atoms with Gasteiger partial charge in [0.25, 0.3) is 5.69 Å². The fourth-order valence-corrected chi connectivity index (χ4v) is 2.55. The van der Waals surface area contributed by atoms with Crippen molar-refractivity contribution in [2.45, 2.75) is 26.8 Å². The number of nitro groups is 1. The first-order chi connectivity index (χ1) is 9.38. The number of hydrogen-bond donors (Lipinski definition) is 1. The van der Waals surface area contributed by atoms with E-state index in [0.29, 0.717) is 5.69 Å².